The van der Waals surface area contributed by atoms with Crippen LogP contribution in [0.5, 0.6) is 0 Å². The first-order valence-corrected chi connectivity index (χ1v) is 7.09. The van der Waals surface area contributed by atoms with E-state index >= 15 is 0 Å². The van der Waals surface area contributed by atoms with Crippen molar-refractivity contribution >= 4 is 11.0 Å². The van der Waals surface area contributed by atoms with Crippen molar-refractivity contribution in [3.8, 4) is 16.9 Å². The number of aromatic amines is 2. The van der Waals surface area contributed by atoms with Gasteiger partial charge in [-0.15, -0.1) is 0 Å². The lowest BCUT2D eigenvalue weighted by molar-refractivity contribution is 0.849. The number of hydrogen-bond donors (Lipinski definition) is 2. The first-order valence-electron chi connectivity index (χ1n) is 7.09. The Labute approximate surface area is 130 Å². The Morgan fingerprint density at radius 1 is 0.913 bits per heavy atom. The van der Waals surface area contributed by atoms with E-state index in [4.69, 9.17) is 0 Å². The summed E-state index contributed by atoms with van der Waals surface area (Å²) in [6.07, 6.45) is 1.50. The number of fused-ring (bicyclic) bond motifs is 1. The van der Waals surface area contributed by atoms with Crippen LogP contribution >= 0.6 is 0 Å². The van der Waals surface area contributed by atoms with Crippen LogP contribution in [-0.2, 0) is 0 Å². The van der Waals surface area contributed by atoms with Crippen molar-refractivity contribution in [3.63, 3.8) is 0 Å². The van der Waals surface area contributed by atoms with Gasteiger partial charge in [-0.2, -0.15) is 0 Å². The SMILES string of the molecule is O=c1[nH]c2ccccc2nc1-c1c[nH]n(-c2ccccc2)c1=O. The van der Waals surface area contributed by atoms with Crippen LogP contribution in [0, 0.1) is 0 Å². The topological polar surface area (TPSA) is 83.5 Å². The second kappa shape index (κ2) is 5.10. The maximum absolute atomic E-state index is 12.6. The van der Waals surface area contributed by atoms with Gasteiger partial charge in [-0.05, 0) is 24.3 Å². The van der Waals surface area contributed by atoms with Crippen LogP contribution in [0.2, 0.25) is 0 Å². The Hall–Kier alpha value is -3.41. The summed E-state index contributed by atoms with van der Waals surface area (Å²) in [6.45, 7) is 0. The summed E-state index contributed by atoms with van der Waals surface area (Å²) in [6, 6.07) is 16.4. The number of para-hydroxylation sites is 3. The maximum atomic E-state index is 12.6. The van der Waals surface area contributed by atoms with Crippen LogP contribution in [-0.4, -0.2) is 19.7 Å². The average Bonchev–Trinajstić information content (AvgIpc) is 2.96. The van der Waals surface area contributed by atoms with Gasteiger partial charge in [-0.25, -0.2) is 9.67 Å². The molecule has 2 N–H and O–H groups in total. The van der Waals surface area contributed by atoms with E-state index in [9.17, 15) is 9.59 Å². The number of rotatable bonds is 2. The van der Waals surface area contributed by atoms with E-state index in [0.717, 1.165) is 0 Å². The minimum absolute atomic E-state index is 0.111. The van der Waals surface area contributed by atoms with Gasteiger partial charge in [-0.3, -0.25) is 14.7 Å². The second-order valence-corrected chi connectivity index (χ2v) is 5.09. The molecule has 0 atom stereocenters. The molecule has 6 heteroatoms. The van der Waals surface area contributed by atoms with Crippen molar-refractivity contribution in [3.05, 3.63) is 81.5 Å². The van der Waals surface area contributed by atoms with Gasteiger partial charge in [0.1, 0.15) is 5.69 Å². The zero-order valence-electron chi connectivity index (χ0n) is 12.0. The summed E-state index contributed by atoms with van der Waals surface area (Å²) in [5.41, 5.74) is 1.61. The van der Waals surface area contributed by atoms with E-state index in [2.05, 4.69) is 15.1 Å². The van der Waals surface area contributed by atoms with Crippen LogP contribution in [0.4, 0.5) is 0 Å². The van der Waals surface area contributed by atoms with Crippen molar-refractivity contribution < 1.29 is 0 Å². The van der Waals surface area contributed by atoms with Gasteiger partial charge in [-0.1, -0.05) is 30.3 Å². The molecular formula is C17H12N4O2. The van der Waals surface area contributed by atoms with E-state index in [1.807, 2.05) is 30.3 Å². The van der Waals surface area contributed by atoms with Crippen molar-refractivity contribution in [2.75, 3.05) is 0 Å². The number of nitrogens with one attached hydrogen (secondary N) is 2. The average molecular weight is 304 g/mol. The quantitative estimate of drug-likeness (QED) is 0.594. The van der Waals surface area contributed by atoms with E-state index in [-0.39, 0.29) is 22.4 Å². The Kier molecular flexibility index (Phi) is 2.94. The van der Waals surface area contributed by atoms with E-state index in [1.54, 1.807) is 24.3 Å². The van der Waals surface area contributed by atoms with Crippen molar-refractivity contribution in [2.24, 2.45) is 0 Å². The highest BCUT2D eigenvalue weighted by atomic mass is 16.1. The largest absolute Gasteiger partial charge is 0.319 e. The first kappa shape index (κ1) is 13.3. The third-order valence-corrected chi connectivity index (χ3v) is 3.64. The number of benzene rings is 2. The lowest BCUT2D eigenvalue weighted by Gasteiger charge is -2.00. The summed E-state index contributed by atoms with van der Waals surface area (Å²) in [7, 11) is 0. The van der Waals surface area contributed by atoms with E-state index in [0.29, 0.717) is 16.7 Å². The van der Waals surface area contributed by atoms with Gasteiger partial charge < -0.3 is 4.98 Å². The lowest BCUT2D eigenvalue weighted by Crippen LogP contribution is -2.19. The highest BCUT2D eigenvalue weighted by molar-refractivity contribution is 5.76. The monoisotopic (exact) mass is 304 g/mol. The van der Waals surface area contributed by atoms with Crippen molar-refractivity contribution in [1.82, 2.24) is 19.7 Å². The molecule has 0 bridgehead atoms. The fraction of sp³-hybridized carbons (Fsp3) is 0. The summed E-state index contributed by atoms with van der Waals surface area (Å²) in [4.78, 5) is 31.9. The molecular weight excluding hydrogens is 292 g/mol. The number of aromatic nitrogens is 4. The van der Waals surface area contributed by atoms with Gasteiger partial charge in [0.25, 0.3) is 11.1 Å². The molecule has 0 saturated carbocycles. The highest BCUT2D eigenvalue weighted by Crippen LogP contribution is 2.13. The smallest absolute Gasteiger partial charge is 0.280 e. The summed E-state index contributed by atoms with van der Waals surface area (Å²) in [5.74, 6) is 0. The summed E-state index contributed by atoms with van der Waals surface area (Å²) in [5, 5.41) is 2.88. The molecule has 4 aromatic rings. The van der Waals surface area contributed by atoms with E-state index < -0.39 is 0 Å². The van der Waals surface area contributed by atoms with E-state index in [1.165, 1.54) is 10.9 Å². The fourth-order valence-corrected chi connectivity index (χ4v) is 2.52. The third kappa shape index (κ3) is 2.17. The lowest BCUT2D eigenvalue weighted by atomic mass is 10.2. The molecule has 0 spiro atoms. The second-order valence-electron chi connectivity index (χ2n) is 5.09. The molecule has 0 unspecified atom stereocenters. The normalized spacial score (nSPS) is 11.0. The molecule has 2 aromatic heterocycles. The van der Waals surface area contributed by atoms with Crippen LogP contribution < -0.4 is 11.1 Å². The number of H-pyrrole nitrogens is 2. The maximum Gasteiger partial charge on any atom is 0.280 e. The van der Waals surface area contributed by atoms with Gasteiger partial charge >= 0.3 is 0 Å². The molecule has 2 heterocycles. The molecule has 4 rings (SSSR count). The first-order chi connectivity index (χ1) is 11.2. The summed E-state index contributed by atoms with van der Waals surface area (Å²) < 4.78 is 1.38. The zero-order valence-corrected chi connectivity index (χ0v) is 12.0. The van der Waals surface area contributed by atoms with Crippen LogP contribution in [0.15, 0.2) is 70.4 Å². The van der Waals surface area contributed by atoms with Gasteiger partial charge in [0, 0.05) is 6.20 Å². The number of nitrogens with zero attached hydrogens (tertiary/aromatic N) is 2. The molecule has 0 saturated heterocycles. The molecule has 0 amide bonds. The Bertz CT molecular complexity index is 1110. The Balaban J connectivity index is 1.93. The van der Waals surface area contributed by atoms with Crippen LogP contribution in [0.25, 0.3) is 28.0 Å². The molecule has 0 aliphatic rings. The standard InChI is InChI=1S/C17H12N4O2/c22-16-15(19-13-8-4-5-9-14(13)20-16)12-10-18-21(17(12)23)11-6-2-1-3-7-11/h1-10,18H,(H,20,22). The molecule has 0 radical (unpaired) electrons. The fourth-order valence-electron chi connectivity index (χ4n) is 2.52. The number of hydrogen-bond acceptors (Lipinski definition) is 3. The molecule has 0 aliphatic carbocycles. The third-order valence-electron chi connectivity index (χ3n) is 3.64. The Morgan fingerprint density at radius 3 is 2.48 bits per heavy atom. The van der Waals surface area contributed by atoms with Crippen molar-refractivity contribution in [2.45, 2.75) is 0 Å². The van der Waals surface area contributed by atoms with Gasteiger partial charge in [0.05, 0.1) is 22.3 Å². The van der Waals surface area contributed by atoms with Crippen LogP contribution in [0.3, 0.4) is 0 Å². The van der Waals surface area contributed by atoms with Crippen LogP contribution in [0.1, 0.15) is 0 Å². The molecule has 2 aromatic carbocycles. The molecule has 112 valence electrons. The van der Waals surface area contributed by atoms with Gasteiger partial charge in [0.2, 0.25) is 0 Å². The minimum atomic E-state index is -0.389. The van der Waals surface area contributed by atoms with Gasteiger partial charge in [0.15, 0.2) is 0 Å². The predicted octanol–water partition coefficient (Wildman–Crippen LogP) is 2.07. The minimum Gasteiger partial charge on any atom is -0.319 e. The zero-order chi connectivity index (χ0) is 15.8. The highest BCUT2D eigenvalue weighted by Gasteiger charge is 2.15. The summed E-state index contributed by atoms with van der Waals surface area (Å²) >= 11 is 0. The molecule has 0 aliphatic heterocycles. The molecule has 6 nitrogen and oxygen atoms in total. The molecule has 0 fully saturated rings. The predicted molar refractivity (Wildman–Crippen MR) is 87.7 cm³/mol. The molecule has 23 heavy (non-hydrogen) atoms. The van der Waals surface area contributed by atoms with Crippen molar-refractivity contribution in [1.29, 1.82) is 0 Å². The Morgan fingerprint density at radius 2 is 1.65 bits per heavy atom.